The lowest BCUT2D eigenvalue weighted by Gasteiger charge is -2.29. The molecule has 8 heteroatoms. The molecule has 1 aliphatic carbocycles. The van der Waals surface area contributed by atoms with Crippen LogP contribution in [-0.2, 0) is 38.1 Å². The molecule has 0 bridgehead atoms. The fourth-order valence-electron chi connectivity index (χ4n) is 5.77. The molecule has 0 radical (unpaired) electrons. The molecule has 1 aliphatic rings. The summed E-state index contributed by atoms with van der Waals surface area (Å²) in [5.41, 5.74) is -1.63. The Hall–Kier alpha value is -2.90. The maximum absolute atomic E-state index is 13.5. The predicted octanol–water partition coefficient (Wildman–Crippen LogP) is 8.53. The molecule has 0 saturated heterocycles. The van der Waals surface area contributed by atoms with Crippen molar-refractivity contribution >= 4 is 23.9 Å². The zero-order valence-electron chi connectivity index (χ0n) is 28.8. The van der Waals surface area contributed by atoms with Crippen molar-refractivity contribution < 1.29 is 38.1 Å². The number of allylic oxidation sites excluding steroid dienone is 4. The molecule has 0 spiro atoms. The van der Waals surface area contributed by atoms with E-state index in [1.54, 1.807) is 39.8 Å². The number of unbranched alkanes of at least 4 members (excludes halogenated alkanes) is 1. The molecule has 0 N–H and O–H groups in total. The van der Waals surface area contributed by atoms with Crippen molar-refractivity contribution in [1.82, 2.24) is 0 Å². The monoisotopic (exact) mass is 632 g/mol. The first kappa shape index (κ1) is 40.1. The molecule has 0 aromatic rings. The van der Waals surface area contributed by atoms with Crippen molar-refractivity contribution in [3.63, 3.8) is 0 Å². The van der Waals surface area contributed by atoms with Crippen LogP contribution in [0.2, 0.25) is 0 Å². The Labute approximate surface area is 272 Å². The molecular formula is C37H60O8. The first-order chi connectivity index (χ1) is 21.7. The van der Waals surface area contributed by atoms with E-state index in [0.717, 1.165) is 69.8 Å². The van der Waals surface area contributed by atoms with Gasteiger partial charge in [-0.3, -0.25) is 19.2 Å². The van der Waals surface area contributed by atoms with Crippen LogP contribution in [0.1, 0.15) is 137 Å². The highest BCUT2D eigenvalue weighted by atomic mass is 16.6. The number of hydrogen-bond donors (Lipinski definition) is 0. The SMILES string of the molecule is C=C1/C=C/C(C(=O)OCC)(C(=O)OCC)CCCCCCCCCCCCC(C(=O)OCC)(C(=O)OCC)C/C=C\1CCCC. The van der Waals surface area contributed by atoms with Crippen molar-refractivity contribution in [2.75, 3.05) is 26.4 Å². The summed E-state index contributed by atoms with van der Waals surface area (Å²) in [6.07, 6.45) is 18.0. The van der Waals surface area contributed by atoms with Gasteiger partial charge in [0.15, 0.2) is 10.8 Å². The molecule has 0 amide bonds. The smallest absolute Gasteiger partial charge is 0.327 e. The summed E-state index contributed by atoms with van der Waals surface area (Å²) in [4.78, 5) is 53.9. The third kappa shape index (κ3) is 12.8. The summed E-state index contributed by atoms with van der Waals surface area (Å²) < 4.78 is 21.8. The van der Waals surface area contributed by atoms with Crippen molar-refractivity contribution in [2.45, 2.75) is 137 Å². The largest absolute Gasteiger partial charge is 0.465 e. The second-order valence-electron chi connectivity index (χ2n) is 11.9. The van der Waals surface area contributed by atoms with Gasteiger partial charge in [0.2, 0.25) is 0 Å². The second-order valence-corrected chi connectivity index (χ2v) is 11.9. The topological polar surface area (TPSA) is 105 Å². The molecule has 0 heterocycles. The summed E-state index contributed by atoms with van der Waals surface area (Å²) in [7, 11) is 0. The molecule has 0 atom stereocenters. The van der Waals surface area contributed by atoms with Gasteiger partial charge in [0.25, 0.3) is 0 Å². The molecule has 1 rings (SSSR count). The summed E-state index contributed by atoms with van der Waals surface area (Å²) in [5.74, 6) is -2.39. The summed E-state index contributed by atoms with van der Waals surface area (Å²) in [6, 6.07) is 0. The Morgan fingerprint density at radius 2 is 1.07 bits per heavy atom. The van der Waals surface area contributed by atoms with E-state index in [-0.39, 0.29) is 39.3 Å². The fraction of sp³-hybridized carbons (Fsp3) is 0.730. The van der Waals surface area contributed by atoms with Crippen LogP contribution in [0.5, 0.6) is 0 Å². The average Bonchev–Trinajstić information content (AvgIpc) is 3.01. The van der Waals surface area contributed by atoms with Crippen LogP contribution in [0.15, 0.2) is 36.0 Å². The van der Waals surface area contributed by atoms with E-state index in [1.807, 2.05) is 6.08 Å². The normalized spacial score (nSPS) is 20.5. The van der Waals surface area contributed by atoms with E-state index in [1.165, 1.54) is 0 Å². The Kier molecular flexibility index (Phi) is 20.1. The standard InChI is InChI=1S/C37H60O8/c1-7-12-23-31-25-29-37(34(40)44-10-4,35(41)45-11-5)27-22-20-18-16-14-13-15-17-19-21-26-36(28-24-30(31)6,32(38)42-8-2)33(39)43-9-3/h24-25,28H,6-23,26-27,29H2,1-5H3/b28-24+,31-25-. The highest BCUT2D eigenvalue weighted by Crippen LogP contribution is 2.37. The highest BCUT2D eigenvalue weighted by Gasteiger charge is 2.48. The molecule has 0 aromatic carbocycles. The maximum atomic E-state index is 13.5. The van der Waals surface area contributed by atoms with E-state index in [4.69, 9.17) is 18.9 Å². The van der Waals surface area contributed by atoms with Crippen LogP contribution in [0.25, 0.3) is 0 Å². The molecule has 256 valence electrons. The van der Waals surface area contributed by atoms with Gasteiger partial charge in [-0.15, -0.1) is 0 Å². The van der Waals surface area contributed by atoms with Gasteiger partial charge < -0.3 is 18.9 Å². The number of rotatable bonds is 11. The lowest BCUT2D eigenvalue weighted by molar-refractivity contribution is -0.173. The van der Waals surface area contributed by atoms with Gasteiger partial charge in [0, 0.05) is 0 Å². The number of ether oxygens (including phenoxy) is 4. The third-order valence-electron chi connectivity index (χ3n) is 8.51. The molecule has 45 heavy (non-hydrogen) atoms. The second kappa shape index (κ2) is 22.6. The molecule has 8 nitrogen and oxygen atoms in total. The van der Waals surface area contributed by atoms with Crippen LogP contribution >= 0.6 is 0 Å². The van der Waals surface area contributed by atoms with Gasteiger partial charge in [0.1, 0.15) is 0 Å². The molecule has 0 unspecified atom stereocenters. The van der Waals surface area contributed by atoms with Crippen LogP contribution in [0.4, 0.5) is 0 Å². The van der Waals surface area contributed by atoms with Crippen molar-refractivity contribution in [3.8, 4) is 0 Å². The van der Waals surface area contributed by atoms with Gasteiger partial charge in [0.05, 0.1) is 26.4 Å². The van der Waals surface area contributed by atoms with Gasteiger partial charge in [-0.2, -0.15) is 0 Å². The van der Waals surface area contributed by atoms with E-state index < -0.39 is 34.7 Å². The number of esters is 4. The van der Waals surface area contributed by atoms with E-state index in [9.17, 15) is 19.2 Å². The first-order valence-electron chi connectivity index (χ1n) is 17.4. The zero-order valence-corrected chi connectivity index (χ0v) is 28.8. The van der Waals surface area contributed by atoms with Gasteiger partial charge >= 0.3 is 23.9 Å². The minimum atomic E-state index is -1.59. The third-order valence-corrected chi connectivity index (χ3v) is 8.51. The lowest BCUT2D eigenvalue weighted by Crippen LogP contribution is -2.42. The van der Waals surface area contributed by atoms with Crippen LogP contribution in [-0.4, -0.2) is 50.3 Å². The summed E-state index contributed by atoms with van der Waals surface area (Å²) in [5, 5.41) is 0. The first-order valence-corrected chi connectivity index (χ1v) is 17.4. The van der Waals surface area contributed by atoms with Crippen LogP contribution < -0.4 is 0 Å². The van der Waals surface area contributed by atoms with E-state index in [0.29, 0.717) is 31.3 Å². The minimum absolute atomic E-state index is 0.109. The lowest BCUT2D eigenvalue weighted by atomic mass is 9.77. The Morgan fingerprint density at radius 3 is 1.51 bits per heavy atom. The maximum Gasteiger partial charge on any atom is 0.327 e. The quantitative estimate of drug-likeness (QED) is 0.127. The van der Waals surface area contributed by atoms with Gasteiger partial charge in [-0.05, 0) is 70.9 Å². The number of carbonyl (C=O) groups is 4. The zero-order chi connectivity index (χ0) is 33.6. The fourth-order valence-corrected chi connectivity index (χ4v) is 5.77. The van der Waals surface area contributed by atoms with Crippen LogP contribution in [0.3, 0.4) is 0 Å². The van der Waals surface area contributed by atoms with Crippen molar-refractivity contribution in [1.29, 1.82) is 0 Å². The molecular weight excluding hydrogens is 572 g/mol. The average molecular weight is 633 g/mol. The van der Waals surface area contributed by atoms with E-state index in [2.05, 4.69) is 13.5 Å². The minimum Gasteiger partial charge on any atom is -0.465 e. The molecule has 0 aromatic heterocycles. The predicted molar refractivity (Wildman–Crippen MR) is 177 cm³/mol. The number of carbonyl (C=O) groups excluding carboxylic acids is 4. The van der Waals surface area contributed by atoms with Crippen molar-refractivity contribution in [2.24, 2.45) is 10.8 Å². The van der Waals surface area contributed by atoms with Crippen LogP contribution in [0, 0.1) is 10.8 Å². The van der Waals surface area contributed by atoms with Crippen molar-refractivity contribution in [3.05, 3.63) is 36.0 Å². The summed E-state index contributed by atoms with van der Waals surface area (Å²) >= 11 is 0. The Morgan fingerprint density at radius 1 is 0.644 bits per heavy atom. The number of hydrogen-bond acceptors (Lipinski definition) is 8. The summed E-state index contributed by atoms with van der Waals surface area (Å²) in [6.45, 7) is 13.9. The Balaban J connectivity index is 3.72. The highest BCUT2D eigenvalue weighted by molar-refractivity contribution is 6.02. The molecule has 0 saturated carbocycles. The Bertz CT molecular complexity index is 956. The molecule has 0 fully saturated rings. The van der Waals surface area contributed by atoms with Gasteiger partial charge in [-0.25, -0.2) is 0 Å². The molecule has 0 aliphatic heterocycles. The van der Waals surface area contributed by atoms with E-state index >= 15 is 0 Å². The van der Waals surface area contributed by atoms with Gasteiger partial charge in [-0.1, -0.05) is 102 Å².